The molecule has 1 saturated heterocycles. The molecule has 2 aliphatic rings. The second-order valence-electron chi connectivity index (χ2n) is 5.89. The minimum absolute atomic E-state index is 0.217. The SMILES string of the molecule is CC1CCN(C2(CN)Cc3ccccc3C2)C1. The van der Waals surface area contributed by atoms with E-state index in [1.54, 1.807) is 0 Å². The van der Waals surface area contributed by atoms with Crippen molar-refractivity contribution in [1.29, 1.82) is 0 Å². The van der Waals surface area contributed by atoms with Crippen molar-refractivity contribution >= 4 is 0 Å². The second kappa shape index (κ2) is 4.11. The van der Waals surface area contributed by atoms with Crippen LogP contribution in [0.3, 0.4) is 0 Å². The maximum atomic E-state index is 6.13. The zero-order chi connectivity index (χ0) is 11.9. The van der Waals surface area contributed by atoms with Crippen LogP contribution >= 0.6 is 0 Å². The van der Waals surface area contributed by atoms with Gasteiger partial charge in [0.2, 0.25) is 0 Å². The van der Waals surface area contributed by atoms with Crippen LogP contribution in [-0.4, -0.2) is 30.1 Å². The number of nitrogens with two attached hydrogens (primary N) is 1. The van der Waals surface area contributed by atoms with E-state index in [0.29, 0.717) is 0 Å². The molecule has 1 atom stereocenters. The fourth-order valence-electron chi connectivity index (χ4n) is 3.54. The van der Waals surface area contributed by atoms with Crippen molar-refractivity contribution in [3.8, 4) is 0 Å². The van der Waals surface area contributed by atoms with E-state index in [4.69, 9.17) is 5.73 Å². The molecule has 2 N–H and O–H groups in total. The third-order valence-corrected chi connectivity index (χ3v) is 4.63. The molecule has 1 aromatic rings. The Morgan fingerprint density at radius 1 is 1.29 bits per heavy atom. The van der Waals surface area contributed by atoms with Crippen LogP contribution in [0, 0.1) is 5.92 Å². The standard InChI is InChI=1S/C15H22N2/c1-12-6-7-17(10-12)15(11-16)8-13-4-2-3-5-14(13)9-15/h2-5,12H,6-11,16H2,1H3. The Morgan fingerprint density at radius 3 is 2.41 bits per heavy atom. The summed E-state index contributed by atoms with van der Waals surface area (Å²) in [7, 11) is 0. The van der Waals surface area contributed by atoms with Crippen molar-refractivity contribution in [2.75, 3.05) is 19.6 Å². The van der Waals surface area contributed by atoms with Crippen molar-refractivity contribution in [2.24, 2.45) is 11.7 Å². The predicted octanol–water partition coefficient (Wildman–Crippen LogP) is 1.82. The van der Waals surface area contributed by atoms with Gasteiger partial charge in [-0.1, -0.05) is 31.2 Å². The maximum absolute atomic E-state index is 6.13. The van der Waals surface area contributed by atoms with Gasteiger partial charge in [0.15, 0.2) is 0 Å². The Kier molecular flexibility index (Phi) is 2.72. The van der Waals surface area contributed by atoms with Crippen LogP contribution in [0.15, 0.2) is 24.3 Å². The summed E-state index contributed by atoms with van der Waals surface area (Å²) >= 11 is 0. The zero-order valence-corrected chi connectivity index (χ0v) is 10.7. The van der Waals surface area contributed by atoms with Gasteiger partial charge in [-0.05, 0) is 42.9 Å². The number of fused-ring (bicyclic) bond motifs is 1. The van der Waals surface area contributed by atoms with Gasteiger partial charge >= 0.3 is 0 Å². The van der Waals surface area contributed by atoms with Crippen LogP contribution in [0.1, 0.15) is 24.5 Å². The van der Waals surface area contributed by atoms with Gasteiger partial charge in [0, 0.05) is 18.6 Å². The van der Waals surface area contributed by atoms with Gasteiger partial charge in [0.1, 0.15) is 0 Å². The topological polar surface area (TPSA) is 29.3 Å². The van der Waals surface area contributed by atoms with Crippen LogP contribution in [0.5, 0.6) is 0 Å². The summed E-state index contributed by atoms with van der Waals surface area (Å²) in [4.78, 5) is 2.65. The molecule has 1 aromatic carbocycles. The molecule has 0 radical (unpaired) electrons. The number of likely N-dealkylation sites (tertiary alicyclic amines) is 1. The van der Waals surface area contributed by atoms with Crippen LogP contribution in [-0.2, 0) is 12.8 Å². The highest BCUT2D eigenvalue weighted by Crippen LogP contribution is 2.36. The van der Waals surface area contributed by atoms with E-state index in [-0.39, 0.29) is 5.54 Å². The molecule has 1 aliphatic heterocycles. The second-order valence-corrected chi connectivity index (χ2v) is 5.89. The van der Waals surface area contributed by atoms with Crippen LogP contribution < -0.4 is 5.73 Å². The lowest BCUT2D eigenvalue weighted by atomic mass is 9.93. The highest BCUT2D eigenvalue weighted by Gasteiger charge is 2.42. The molecule has 1 fully saturated rings. The molecule has 0 spiro atoms. The molecule has 3 rings (SSSR count). The molecule has 1 unspecified atom stereocenters. The first-order valence-corrected chi connectivity index (χ1v) is 6.75. The molecule has 92 valence electrons. The summed E-state index contributed by atoms with van der Waals surface area (Å²) in [6.45, 7) is 5.60. The summed E-state index contributed by atoms with van der Waals surface area (Å²) < 4.78 is 0. The van der Waals surface area contributed by atoms with Crippen LogP contribution in [0.2, 0.25) is 0 Å². The van der Waals surface area contributed by atoms with E-state index in [1.807, 2.05) is 0 Å². The highest BCUT2D eigenvalue weighted by atomic mass is 15.2. The average molecular weight is 230 g/mol. The zero-order valence-electron chi connectivity index (χ0n) is 10.7. The lowest BCUT2D eigenvalue weighted by molar-refractivity contribution is 0.129. The fraction of sp³-hybridized carbons (Fsp3) is 0.600. The average Bonchev–Trinajstić information content (AvgIpc) is 2.92. The summed E-state index contributed by atoms with van der Waals surface area (Å²) in [5.41, 5.74) is 9.37. The van der Waals surface area contributed by atoms with E-state index in [9.17, 15) is 0 Å². The largest absolute Gasteiger partial charge is 0.329 e. The van der Waals surface area contributed by atoms with Gasteiger partial charge in [-0.15, -0.1) is 0 Å². The van der Waals surface area contributed by atoms with Crippen molar-refractivity contribution < 1.29 is 0 Å². The third-order valence-electron chi connectivity index (χ3n) is 4.63. The Labute approximate surface area is 104 Å². The summed E-state index contributed by atoms with van der Waals surface area (Å²) in [5, 5.41) is 0. The minimum atomic E-state index is 0.217. The Bertz CT molecular complexity index is 388. The van der Waals surface area contributed by atoms with Crippen molar-refractivity contribution in [3.05, 3.63) is 35.4 Å². The Hall–Kier alpha value is -0.860. The molecule has 2 nitrogen and oxygen atoms in total. The molecule has 0 amide bonds. The monoisotopic (exact) mass is 230 g/mol. The van der Waals surface area contributed by atoms with E-state index in [1.165, 1.54) is 30.6 Å². The molecule has 2 heteroatoms. The van der Waals surface area contributed by atoms with Gasteiger partial charge in [0.25, 0.3) is 0 Å². The quantitative estimate of drug-likeness (QED) is 0.840. The number of nitrogens with zero attached hydrogens (tertiary/aromatic N) is 1. The Balaban J connectivity index is 1.87. The summed E-state index contributed by atoms with van der Waals surface area (Å²) in [6.07, 6.45) is 3.62. The van der Waals surface area contributed by atoms with Crippen molar-refractivity contribution in [3.63, 3.8) is 0 Å². The van der Waals surface area contributed by atoms with Crippen LogP contribution in [0.25, 0.3) is 0 Å². The van der Waals surface area contributed by atoms with Gasteiger partial charge in [-0.2, -0.15) is 0 Å². The smallest absolute Gasteiger partial charge is 0.0412 e. The molecule has 1 aliphatic carbocycles. The molecule has 0 saturated carbocycles. The first kappa shape index (κ1) is 11.2. The number of benzene rings is 1. The van der Waals surface area contributed by atoms with E-state index < -0.39 is 0 Å². The Morgan fingerprint density at radius 2 is 1.94 bits per heavy atom. The number of hydrogen-bond donors (Lipinski definition) is 1. The predicted molar refractivity (Wildman–Crippen MR) is 71.0 cm³/mol. The number of hydrogen-bond acceptors (Lipinski definition) is 2. The first-order valence-electron chi connectivity index (χ1n) is 6.75. The normalized spacial score (nSPS) is 27.3. The number of rotatable bonds is 2. The lowest BCUT2D eigenvalue weighted by Crippen LogP contribution is -2.53. The fourth-order valence-corrected chi connectivity index (χ4v) is 3.54. The van der Waals surface area contributed by atoms with Gasteiger partial charge < -0.3 is 5.73 Å². The minimum Gasteiger partial charge on any atom is -0.329 e. The van der Waals surface area contributed by atoms with Crippen LogP contribution in [0.4, 0.5) is 0 Å². The van der Waals surface area contributed by atoms with Gasteiger partial charge in [-0.3, -0.25) is 4.90 Å². The summed E-state index contributed by atoms with van der Waals surface area (Å²) in [5.74, 6) is 0.835. The van der Waals surface area contributed by atoms with E-state index in [2.05, 4.69) is 36.1 Å². The maximum Gasteiger partial charge on any atom is 0.0412 e. The van der Waals surface area contributed by atoms with Crippen molar-refractivity contribution in [2.45, 2.75) is 31.7 Å². The highest BCUT2D eigenvalue weighted by molar-refractivity contribution is 5.36. The van der Waals surface area contributed by atoms with Gasteiger partial charge in [-0.25, -0.2) is 0 Å². The third kappa shape index (κ3) is 1.80. The molecular formula is C15H22N2. The van der Waals surface area contributed by atoms with E-state index >= 15 is 0 Å². The summed E-state index contributed by atoms with van der Waals surface area (Å²) in [6, 6.07) is 8.84. The molecule has 1 heterocycles. The lowest BCUT2D eigenvalue weighted by Gasteiger charge is -2.38. The molecule has 17 heavy (non-hydrogen) atoms. The molecule has 0 bridgehead atoms. The molecule has 0 aromatic heterocycles. The van der Waals surface area contributed by atoms with Crippen molar-refractivity contribution in [1.82, 2.24) is 4.90 Å². The first-order chi connectivity index (χ1) is 8.23. The van der Waals surface area contributed by atoms with E-state index in [0.717, 1.165) is 25.3 Å². The molecular weight excluding hydrogens is 208 g/mol. The van der Waals surface area contributed by atoms with Gasteiger partial charge in [0.05, 0.1) is 0 Å².